The van der Waals surface area contributed by atoms with Crippen LogP contribution >= 0.6 is 0 Å². The van der Waals surface area contributed by atoms with Crippen LogP contribution in [0.1, 0.15) is 40.5 Å². The average Bonchev–Trinajstić information content (AvgIpc) is 3.36. The number of hydrogen-bond donors (Lipinski definition) is 0. The van der Waals surface area contributed by atoms with E-state index < -0.39 is 0 Å². The Kier molecular flexibility index (Phi) is 8.25. The molecule has 0 radical (unpaired) electrons. The van der Waals surface area contributed by atoms with E-state index in [1.807, 2.05) is 18.2 Å². The maximum Gasteiger partial charge on any atom is 0.227 e. The molecule has 0 saturated carbocycles. The van der Waals surface area contributed by atoms with Gasteiger partial charge in [-0.25, -0.2) is 4.98 Å². The van der Waals surface area contributed by atoms with Crippen LogP contribution in [0.4, 0.5) is 11.4 Å². The monoisotopic (exact) mass is 467 g/mol. The van der Waals surface area contributed by atoms with Gasteiger partial charge in [0.2, 0.25) is 5.89 Å². The fourth-order valence-corrected chi connectivity index (χ4v) is 4.57. The molecule has 0 aliphatic heterocycles. The minimum atomic E-state index is 0.649. The number of nitrogens with zero attached hydrogens (tertiary/aromatic N) is 3. The summed E-state index contributed by atoms with van der Waals surface area (Å²) in [6.07, 6.45) is 2.27. The number of benzene rings is 3. The van der Waals surface area contributed by atoms with Gasteiger partial charge in [0, 0.05) is 54.2 Å². The van der Waals surface area contributed by atoms with E-state index in [-0.39, 0.29) is 0 Å². The van der Waals surface area contributed by atoms with Crippen LogP contribution in [0.25, 0.3) is 34.0 Å². The van der Waals surface area contributed by atoms with Crippen molar-refractivity contribution in [1.29, 1.82) is 0 Å². The van der Waals surface area contributed by atoms with Crippen molar-refractivity contribution in [3.8, 4) is 34.0 Å². The van der Waals surface area contributed by atoms with Gasteiger partial charge in [-0.15, -0.1) is 0 Å². The summed E-state index contributed by atoms with van der Waals surface area (Å²) in [5.74, 6) is 1.45. The van der Waals surface area contributed by atoms with Crippen LogP contribution in [0.3, 0.4) is 0 Å². The molecule has 0 N–H and O–H groups in total. The molecule has 4 rings (SSSR count). The van der Waals surface area contributed by atoms with E-state index in [9.17, 15) is 0 Å². The van der Waals surface area contributed by atoms with E-state index in [4.69, 9.17) is 9.40 Å². The Morgan fingerprint density at radius 3 is 1.69 bits per heavy atom. The lowest BCUT2D eigenvalue weighted by atomic mass is 10.1. The Morgan fingerprint density at radius 1 is 0.600 bits per heavy atom. The summed E-state index contributed by atoms with van der Waals surface area (Å²) in [4.78, 5) is 9.78. The quantitative estimate of drug-likeness (QED) is 0.223. The lowest BCUT2D eigenvalue weighted by Crippen LogP contribution is -2.24. The molecule has 182 valence electrons. The zero-order valence-corrected chi connectivity index (χ0v) is 21.5. The fraction of sp³-hybridized carbons (Fsp3) is 0.323. The molecule has 4 nitrogen and oxygen atoms in total. The molecule has 1 aromatic heterocycles. The molecule has 0 unspecified atom stereocenters. The molecule has 0 spiro atoms. The highest BCUT2D eigenvalue weighted by molar-refractivity contribution is 5.80. The number of anilines is 2. The third-order valence-corrected chi connectivity index (χ3v) is 6.40. The molecule has 0 saturated heterocycles. The maximum absolute atomic E-state index is 6.42. The first kappa shape index (κ1) is 24.6. The predicted octanol–water partition coefficient (Wildman–Crippen LogP) is 8.15. The third-order valence-electron chi connectivity index (χ3n) is 6.40. The van der Waals surface area contributed by atoms with E-state index in [1.165, 1.54) is 11.4 Å². The van der Waals surface area contributed by atoms with Crippen molar-refractivity contribution >= 4 is 11.4 Å². The molecule has 0 bridgehead atoms. The molecule has 0 atom stereocenters. The van der Waals surface area contributed by atoms with Crippen molar-refractivity contribution in [3.05, 3.63) is 78.9 Å². The second kappa shape index (κ2) is 11.7. The fourth-order valence-electron chi connectivity index (χ4n) is 4.57. The Morgan fingerprint density at radius 2 is 1.14 bits per heavy atom. The minimum absolute atomic E-state index is 0.649. The van der Waals surface area contributed by atoms with Crippen LogP contribution in [-0.2, 0) is 0 Å². The van der Waals surface area contributed by atoms with Gasteiger partial charge < -0.3 is 14.2 Å². The molecule has 1 heterocycles. The molecule has 0 amide bonds. The van der Waals surface area contributed by atoms with Crippen molar-refractivity contribution in [3.63, 3.8) is 0 Å². The molecule has 4 aromatic rings. The first-order chi connectivity index (χ1) is 17.2. The summed E-state index contributed by atoms with van der Waals surface area (Å²) in [6, 6.07) is 27.5. The summed E-state index contributed by atoms with van der Waals surface area (Å²) < 4.78 is 6.42. The standard InChI is InChI=1S/C31H37N3O/c1-5-22-34(23-6-2)28-20-16-26(17-21-28)31-32-29(30(35-31)25-12-10-9-11-13-25)24-14-18-27(19-15-24)33(7-3)8-4/h9-21H,5-8,22-23H2,1-4H3. The van der Waals surface area contributed by atoms with Gasteiger partial charge in [-0.05, 0) is 63.1 Å². The summed E-state index contributed by atoms with van der Waals surface area (Å²) in [5, 5.41) is 0. The van der Waals surface area contributed by atoms with Crippen molar-refractivity contribution in [2.45, 2.75) is 40.5 Å². The van der Waals surface area contributed by atoms with Crippen LogP contribution in [0.2, 0.25) is 0 Å². The van der Waals surface area contributed by atoms with E-state index in [0.29, 0.717) is 5.89 Å². The highest BCUT2D eigenvalue weighted by Crippen LogP contribution is 2.37. The SMILES string of the molecule is CCCN(CCC)c1ccc(-c2nc(-c3ccc(N(CC)CC)cc3)c(-c3ccccc3)o2)cc1. The lowest BCUT2D eigenvalue weighted by molar-refractivity contribution is 0.589. The number of oxazole rings is 1. The highest BCUT2D eigenvalue weighted by atomic mass is 16.4. The van der Waals surface area contributed by atoms with Crippen LogP contribution in [-0.4, -0.2) is 31.2 Å². The predicted molar refractivity (Wildman–Crippen MR) is 149 cm³/mol. The first-order valence-electron chi connectivity index (χ1n) is 12.9. The summed E-state index contributed by atoms with van der Waals surface area (Å²) >= 11 is 0. The van der Waals surface area contributed by atoms with Crippen molar-refractivity contribution in [1.82, 2.24) is 4.98 Å². The average molecular weight is 468 g/mol. The topological polar surface area (TPSA) is 32.5 Å². The second-order valence-corrected chi connectivity index (χ2v) is 8.82. The molecule has 35 heavy (non-hydrogen) atoms. The molecule has 3 aromatic carbocycles. The van der Waals surface area contributed by atoms with Gasteiger partial charge in [-0.2, -0.15) is 0 Å². The summed E-state index contributed by atoms with van der Waals surface area (Å²) in [5.41, 5.74) is 6.43. The number of hydrogen-bond acceptors (Lipinski definition) is 4. The van der Waals surface area contributed by atoms with Crippen molar-refractivity contribution in [2.24, 2.45) is 0 Å². The molecule has 0 aliphatic carbocycles. The summed E-state index contributed by atoms with van der Waals surface area (Å²) in [7, 11) is 0. The largest absolute Gasteiger partial charge is 0.435 e. The smallest absolute Gasteiger partial charge is 0.227 e. The molecular formula is C31H37N3O. The summed E-state index contributed by atoms with van der Waals surface area (Å²) in [6.45, 7) is 12.9. The van der Waals surface area contributed by atoms with Crippen molar-refractivity contribution in [2.75, 3.05) is 36.0 Å². The number of rotatable bonds is 11. The third kappa shape index (κ3) is 5.59. The minimum Gasteiger partial charge on any atom is -0.435 e. The van der Waals surface area contributed by atoms with Crippen molar-refractivity contribution < 1.29 is 4.42 Å². The lowest BCUT2D eigenvalue weighted by Gasteiger charge is -2.23. The number of aromatic nitrogens is 1. The molecule has 0 fully saturated rings. The normalized spacial score (nSPS) is 11.0. The van der Waals surface area contributed by atoms with Crippen LogP contribution in [0, 0.1) is 0 Å². The molecule has 4 heteroatoms. The van der Waals surface area contributed by atoms with Gasteiger partial charge in [0.25, 0.3) is 0 Å². The first-order valence-corrected chi connectivity index (χ1v) is 12.9. The van der Waals surface area contributed by atoms with E-state index >= 15 is 0 Å². The van der Waals surface area contributed by atoms with E-state index in [1.54, 1.807) is 0 Å². The Hall–Kier alpha value is -3.53. The van der Waals surface area contributed by atoms with E-state index in [2.05, 4.69) is 98.2 Å². The Bertz CT molecular complexity index is 1170. The molecular weight excluding hydrogens is 430 g/mol. The Labute approximate surface area is 210 Å². The van der Waals surface area contributed by atoms with Crippen LogP contribution in [0.15, 0.2) is 83.3 Å². The van der Waals surface area contributed by atoms with Gasteiger partial charge >= 0.3 is 0 Å². The Balaban J connectivity index is 1.71. The van der Waals surface area contributed by atoms with Gasteiger partial charge in [-0.1, -0.05) is 56.3 Å². The zero-order chi connectivity index (χ0) is 24.6. The van der Waals surface area contributed by atoms with Gasteiger partial charge in [0.05, 0.1) is 0 Å². The van der Waals surface area contributed by atoms with Crippen LogP contribution in [0.5, 0.6) is 0 Å². The highest BCUT2D eigenvalue weighted by Gasteiger charge is 2.18. The maximum atomic E-state index is 6.42. The molecule has 0 aliphatic rings. The second-order valence-electron chi connectivity index (χ2n) is 8.82. The van der Waals surface area contributed by atoms with Gasteiger partial charge in [0.15, 0.2) is 5.76 Å². The van der Waals surface area contributed by atoms with Gasteiger partial charge in [-0.3, -0.25) is 0 Å². The van der Waals surface area contributed by atoms with Gasteiger partial charge in [0.1, 0.15) is 5.69 Å². The zero-order valence-electron chi connectivity index (χ0n) is 21.5. The van der Waals surface area contributed by atoms with Crippen LogP contribution < -0.4 is 9.80 Å². The van der Waals surface area contributed by atoms with E-state index in [0.717, 1.165) is 67.2 Å².